The number of ether oxygens (including phenoxy) is 2. The lowest BCUT2D eigenvalue weighted by atomic mass is 9.99. The van der Waals surface area contributed by atoms with Crippen molar-refractivity contribution in [2.75, 3.05) is 18.9 Å². The Labute approximate surface area is 236 Å². The normalized spacial score (nSPS) is 14.3. The van der Waals surface area contributed by atoms with E-state index in [1.807, 2.05) is 41.5 Å². The second-order valence-corrected chi connectivity index (χ2v) is 16.0. The first kappa shape index (κ1) is 33.0. The number of hydrogen-bond acceptors (Lipinski definition) is 9. The number of hydrogen-bond donors (Lipinski definition) is 3. The third kappa shape index (κ3) is 10.4. The van der Waals surface area contributed by atoms with Gasteiger partial charge in [0, 0.05) is 4.88 Å². The maximum atomic E-state index is 14.4. The molecule has 0 aliphatic rings. The lowest BCUT2D eigenvalue weighted by Crippen LogP contribution is -2.45. The number of furan rings is 1. The highest BCUT2D eigenvalue weighted by Gasteiger charge is 2.37. The Hall–Kier alpha value is -2.20. The fraction of sp³-hybridized carbons (Fsp3) is 0.667. The summed E-state index contributed by atoms with van der Waals surface area (Å²) in [4.78, 5) is 30.8. The van der Waals surface area contributed by atoms with Crippen LogP contribution in [0.1, 0.15) is 74.1 Å². The third-order valence-corrected chi connectivity index (χ3v) is 8.47. The highest BCUT2D eigenvalue weighted by Crippen LogP contribution is 2.40. The molecule has 2 atom stereocenters. The van der Waals surface area contributed by atoms with Gasteiger partial charge in [-0.05, 0) is 49.1 Å². The van der Waals surface area contributed by atoms with E-state index in [0.717, 1.165) is 11.3 Å². The number of nitrogens with one attached hydrogen (secondary N) is 2. The molecule has 0 aromatic carbocycles. The van der Waals surface area contributed by atoms with Crippen molar-refractivity contribution in [2.24, 2.45) is 16.7 Å². The van der Waals surface area contributed by atoms with Crippen LogP contribution in [0.15, 0.2) is 16.5 Å². The number of aromatic nitrogens is 1. The van der Waals surface area contributed by atoms with Crippen LogP contribution in [0.2, 0.25) is 0 Å². The van der Waals surface area contributed by atoms with Crippen LogP contribution in [-0.4, -0.2) is 42.2 Å². The Balaban J connectivity index is 2.38. The maximum absolute atomic E-state index is 14.4. The van der Waals surface area contributed by atoms with Crippen LogP contribution in [0.5, 0.6) is 0 Å². The molecule has 0 amide bonds. The molecular weight excluding hydrogens is 539 g/mol. The zero-order valence-electron chi connectivity index (χ0n) is 24.8. The average Bonchev–Trinajstić information content (AvgIpc) is 3.41. The number of carbonyl (C=O) groups excluding carboxylic acids is 2. The van der Waals surface area contributed by atoms with Crippen molar-refractivity contribution in [1.82, 2.24) is 15.2 Å². The number of anilines is 1. The molecule has 0 saturated carbocycles. The van der Waals surface area contributed by atoms with E-state index in [-0.39, 0.29) is 29.5 Å². The summed E-state index contributed by atoms with van der Waals surface area (Å²) < 4.78 is 31.3. The summed E-state index contributed by atoms with van der Waals surface area (Å²) >= 11 is 1.38. The standard InChI is InChI=1S/C27H45N4O6PS/c1-16(2)13-20-22(29-25(28)39-20)19-11-12-21(37-19)38(34,30-17(3)23(32)35-14-26(5,6)7)31-18(4)24(33)36-15-27(8,9)10/h11-12,16-18H,13-15H2,1-10H3,(H2,28,29)(H2,30,31,34)/t17-,18-/m0/s1. The van der Waals surface area contributed by atoms with Gasteiger partial charge < -0.3 is 19.6 Å². The van der Waals surface area contributed by atoms with Crippen molar-refractivity contribution in [2.45, 2.75) is 87.7 Å². The quantitative estimate of drug-likeness (QED) is 0.226. The first-order valence-corrected chi connectivity index (χ1v) is 15.7. The molecule has 12 heteroatoms. The van der Waals surface area contributed by atoms with E-state index in [1.165, 1.54) is 11.3 Å². The van der Waals surface area contributed by atoms with Gasteiger partial charge in [-0.15, -0.1) is 11.3 Å². The number of nitrogen functional groups attached to an aromatic ring is 1. The van der Waals surface area contributed by atoms with Gasteiger partial charge in [0.25, 0.3) is 7.44 Å². The number of thiazole rings is 1. The molecule has 2 aromatic heterocycles. The van der Waals surface area contributed by atoms with E-state index < -0.39 is 31.5 Å². The van der Waals surface area contributed by atoms with Crippen molar-refractivity contribution in [3.8, 4) is 11.5 Å². The van der Waals surface area contributed by atoms with E-state index in [0.29, 0.717) is 22.5 Å². The van der Waals surface area contributed by atoms with E-state index in [2.05, 4.69) is 29.0 Å². The summed E-state index contributed by atoms with van der Waals surface area (Å²) in [5.74, 6) is -0.392. The molecule has 0 bridgehead atoms. The van der Waals surface area contributed by atoms with E-state index in [1.54, 1.807) is 26.0 Å². The van der Waals surface area contributed by atoms with Crippen molar-refractivity contribution >= 4 is 41.4 Å². The largest absolute Gasteiger partial charge is 0.464 e. The van der Waals surface area contributed by atoms with E-state index >= 15 is 0 Å². The molecule has 2 aromatic rings. The van der Waals surface area contributed by atoms with Crippen molar-refractivity contribution in [3.05, 3.63) is 17.0 Å². The van der Waals surface area contributed by atoms with E-state index in [4.69, 9.17) is 19.6 Å². The minimum Gasteiger partial charge on any atom is -0.464 e. The fourth-order valence-electron chi connectivity index (χ4n) is 3.34. The Bertz CT molecular complexity index is 1140. The molecule has 0 saturated heterocycles. The number of nitrogens with zero attached hydrogens (tertiary/aromatic N) is 1. The molecule has 220 valence electrons. The number of rotatable bonds is 12. The molecule has 10 nitrogen and oxygen atoms in total. The molecule has 0 fully saturated rings. The van der Waals surface area contributed by atoms with Gasteiger partial charge in [-0.3, -0.25) is 14.2 Å². The molecule has 0 unspecified atom stereocenters. The Morgan fingerprint density at radius 3 is 1.90 bits per heavy atom. The highest BCUT2D eigenvalue weighted by atomic mass is 32.1. The predicted molar refractivity (Wildman–Crippen MR) is 156 cm³/mol. The topological polar surface area (TPSA) is 146 Å². The second-order valence-electron chi connectivity index (χ2n) is 12.7. The zero-order chi connectivity index (χ0) is 29.8. The van der Waals surface area contributed by atoms with Gasteiger partial charge in [0.1, 0.15) is 17.8 Å². The smallest absolute Gasteiger partial charge is 0.323 e. The summed E-state index contributed by atoms with van der Waals surface area (Å²) in [5.41, 5.74) is 6.13. The van der Waals surface area contributed by atoms with Gasteiger partial charge in [-0.25, -0.2) is 15.2 Å². The van der Waals surface area contributed by atoms with Crippen molar-refractivity contribution in [3.63, 3.8) is 0 Å². The van der Waals surface area contributed by atoms with Gasteiger partial charge >= 0.3 is 11.9 Å². The predicted octanol–water partition coefficient (Wildman–Crippen LogP) is 5.14. The zero-order valence-corrected chi connectivity index (χ0v) is 26.5. The molecule has 2 rings (SSSR count). The van der Waals surface area contributed by atoms with E-state index in [9.17, 15) is 14.2 Å². The average molecular weight is 585 g/mol. The summed E-state index contributed by atoms with van der Waals surface area (Å²) in [6, 6.07) is 1.27. The molecular formula is C27H45N4O6PS. The first-order valence-electron chi connectivity index (χ1n) is 13.1. The second kappa shape index (κ2) is 13.0. The Morgan fingerprint density at radius 1 is 0.974 bits per heavy atom. The van der Waals surface area contributed by atoms with Gasteiger partial charge in [-0.1, -0.05) is 55.4 Å². The molecule has 0 spiro atoms. The first-order chi connectivity index (χ1) is 17.8. The van der Waals surface area contributed by atoms with Crippen LogP contribution in [0.3, 0.4) is 0 Å². The minimum atomic E-state index is -3.88. The molecule has 4 N–H and O–H groups in total. The maximum Gasteiger partial charge on any atom is 0.323 e. The van der Waals surface area contributed by atoms with Crippen molar-refractivity contribution < 1.29 is 28.0 Å². The van der Waals surface area contributed by atoms with Gasteiger partial charge in [0.15, 0.2) is 16.4 Å². The van der Waals surface area contributed by atoms with Crippen LogP contribution in [0.25, 0.3) is 11.5 Å². The highest BCUT2D eigenvalue weighted by molar-refractivity contribution is 7.67. The summed E-state index contributed by atoms with van der Waals surface area (Å²) in [5, 5.41) is 6.10. The molecule has 0 radical (unpaired) electrons. The van der Waals surface area contributed by atoms with Crippen molar-refractivity contribution in [1.29, 1.82) is 0 Å². The van der Waals surface area contributed by atoms with Crippen LogP contribution in [0.4, 0.5) is 5.13 Å². The fourth-order valence-corrected chi connectivity index (χ4v) is 6.53. The lowest BCUT2D eigenvalue weighted by molar-refractivity contribution is -0.148. The monoisotopic (exact) mass is 584 g/mol. The van der Waals surface area contributed by atoms with Crippen LogP contribution in [-0.2, 0) is 30.0 Å². The van der Waals surface area contributed by atoms with Gasteiger partial charge in [-0.2, -0.15) is 0 Å². The third-order valence-electron chi connectivity index (χ3n) is 5.20. The summed E-state index contributed by atoms with van der Waals surface area (Å²) in [7, 11) is -3.88. The lowest BCUT2D eigenvalue weighted by Gasteiger charge is -2.26. The minimum absolute atomic E-state index is 0.0329. The number of carbonyl (C=O) groups is 2. The molecule has 0 aliphatic carbocycles. The number of esters is 2. The van der Waals surface area contributed by atoms with Crippen LogP contribution in [0, 0.1) is 16.7 Å². The molecule has 2 heterocycles. The van der Waals surface area contributed by atoms with Crippen LogP contribution < -0.4 is 21.4 Å². The van der Waals surface area contributed by atoms with Crippen LogP contribution >= 0.6 is 18.8 Å². The molecule has 0 aliphatic heterocycles. The molecule has 39 heavy (non-hydrogen) atoms. The van der Waals surface area contributed by atoms with Gasteiger partial charge in [0.05, 0.1) is 13.2 Å². The SMILES string of the molecule is CC(C)Cc1sc(N)nc1-c1ccc(P(=O)(N[C@@H](C)C(=O)OCC(C)(C)C)N[C@@H](C)C(=O)OCC(C)(C)C)o1. The summed E-state index contributed by atoms with van der Waals surface area (Å²) in [6.45, 7) is 19.3. The van der Waals surface area contributed by atoms with Gasteiger partial charge in [0.2, 0.25) is 0 Å². The Morgan fingerprint density at radius 2 is 1.46 bits per heavy atom. The summed E-state index contributed by atoms with van der Waals surface area (Å²) in [6.07, 6.45) is 0.752. The number of nitrogens with two attached hydrogens (primary N) is 1. The Kier molecular flexibility index (Phi) is 11.0.